The molecule has 0 aliphatic carbocycles. The van der Waals surface area contributed by atoms with Crippen LogP contribution in [-0.4, -0.2) is 25.2 Å². The minimum Gasteiger partial charge on any atom is -0.493 e. The maximum absolute atomic E-state index is 13.3. The smallest absolute Gasteiger partial charge is 0.213 e. The number of rotatable bonds is 10. The minimum atomic E-state index is -0.387. The predicted octanol–water partition coefficient (Wildman–Crippen LogP) is 5.39. The average Bonchev–Trinajstić information content (AvgIpc) is 2.75. The van der Waals surface area contributed by atoms with Crippen molar-refractivity contribution < 1.29 is 18.6 Å². The highest BCUT2D eigenvalue weighted by molar-refractivity contribution is 9.10. The maximum atomic E-state index is 13.3. The molecule has 2 aromatic carbocycles. The number of ether oxygens (including phenoxy) is 3. The fraction of sp³-hybridized carbons (Fsp3) is 0.227. The van der Waals surface area contributed by atoms with E-state index in [-0.39, 0.29) is 12.4 Å². The summed E-state index contributed by atoms with van der Waals surface area (Å²) in [7, 11) is 1.58. The molecule has 0 saturated carbocycles. The van der Waals surface area contributed by atoms with Gasteiger partial charge in [-0.25, -0.2) is 9.37 Å². The van der Waals surface area contributed by atoms with Crippen LogP contribution < -0.4 is 19.5 Å². The molecule has 0 amide bonds. The number of benzene rings is 2. The first-order valence-electron chi connectivity index (χ1n) is 9.25. The van der Waals surface area contributed by atoms with Crippen LogP contribution in [0, 0.1) is 5.82 Å². The molecule has 0 saturated heterocycles. The molecule has 3 aromatic rings. The van der Waals surface area contributed by atoms with Crippen molar-refractivity contribution in [2.75, 3.05) is 20.3 Å². The Bertz CT molecular complexity index is 976. The summed E-state index contributed by atoms with van der Waals surface area (Å²) in [4.78, 5) is 4.12. The first kappa shape index (κ1) is 22.3. The van der Waals surface area contributed by atoms with Gasteiger partial charge in [0, 0.05) is 41.0 Å². The Kier molecular flexibility index (Phi) is 8.30. The van der Waals surface area contributed by atoms with E-state index in [4.69, 9.17) is 25.8 Å². The standard InChI is InChI=1S/C22H21BrClFN2O3/c1-28-20-8-7-18(23)17(13-26-10-11-29-21-4-2-3-9-27-21)22(20)30-14-15-5-6-16(25)12-19(15)24/h2-9,12,26H,10-11,13-14H2,1H3. The Morgan fingerprint density at radius 2 is 2.00 bits per heavy atom. The molecule has 0 fully saturated rings. The Morgan fingerprint density at radius 1 is 1.13 bits per heavy atom. The van der Waals surface area contributed by atoms with Crippen molar-refractivity contribution in [3.63, 3.8) is 0 Å². The van der Waals surface area contributed by atoms with Gasteiger partial charge in [-0.15, -0.1) is 0 Å². The molecule has 0 unspecified atom stereocenters. The lowest BCUT2D eigenvalue weighted by molar-refractivity contribution is 0.278. The first-order chi connectivity index (χ1) is 14.6. The SMILES string of the molecule is COc1ccc(Br)c(CNCCOc2ccccn2)c1OCc1ccc(F)cc1Cl. The molecule has 30 heavy (non-hydrogen) atoms. The Labute approximate surface area is 188 Å². The van der Waals surface area contributed by atoms with Crippen molar-refractivity contribution in [2.24, 2.45) is 0 Å². The van der Waals surface area contributed by atoms with Crippen LogP contribution >= 0.6 is 27.5 Å². The van der Waals surface area contributed by atoms with Gasteiger partial charge in [-0.1, -0.05) is 39.7 Å². The summed E-state index contributed by atoms with van der Waals surface area (Å²) in [5.74, 6) is 1.38. The van der Waals surface area contributed by atoms with Crippen LogP contribution in [0.4, 0.5) is 4.39 Å². The lowest BCUT2D eigenvalue weighted by Crippen LogP contribution is -2.21. The molecule has 3 rings (SSSR count). The van der Waals surface area contributed by atoms with Gasteiger partial charge in [0.1, 0.15) is 19.0 Å². The van der Waals surface area contributed by atoms with E-state index in [1.165, 1.54) is 12.1 Å². The first-order valence-corrected chi connectivity index (χ1v) is 10.4. The third-order valence-corrected chi connectivity index (χ3v) is 5.34. The van der Waals surface area contributed by atoms with Crippen LogP contribution in [0.1, 0.15) is 11.1 Å². The number of hydrogen-bond acceptors (Lipinski definition) is 5. The quantitative estimate of drug-likeness (QED) is 0.382. The number of aromatic nitrogens is 1. The maximum Gasteiger partial charge on any atom is 0.213 e. The molecule has 8 heteroatoms. The van der Waals surface area contributed by atoms with Gasteiger partial charge in [0.15, 0.2) is 11.5 Å². The average molecular weight is 496 g/mol. The zero-order valence-electron chi connectivity index (χ0n) is 16.3. The third-order valence-electron chi connectivity index (χ3n) is 4.24. The summed E-state index contributed by atoms with van der Waals surface area (Å²) in [5.41, 5.74) is 1.58. The molecule has 0 aliphatic heterocycles. The summed E-state index contributed by atoms with van der Waals surface area (Å²) in [6, 6.07) is 13.5. The zero-order valence-corrected chi connectivity index (χ0v) is 18.7. The normalized spacial score (nSPS) is 10.7. The van der Waals surface area contributed by atoms with E-state index in [9.17, 15) is 4.39 Å². The van der Waals surface area contributed by atoms with Crippen molar-refractivity contribution in [1.29, 1.82) is 0 Å². The van der Waals surface area contributed by atoms with Gasteiger partial charge in [-0.05, 0) is 30.3 Å². The fourth-order valence-corrected chi connectivity index (χ4v) is 3.40. The Morgan fingerprint density at radius 3 is 2.73 bits per heavy atom. The van der Waals surface area contributed by atoms with Crippen LogP contribution in [0.25, 0.3) is 0 Å². The lowest BCUT2D eigenvalue weighted by Gasteiger charge is -2.17. The predicted molar refractivity (Wildman–Crippen MR) is 118 cm³/mol. The number of pyridine rings is 1. The van der Waals surface area contributed by atoms with E-state index in [1.54, 1.807) is 19.4 Å². The van der Waals surface area contributed by atoms with Gasteiger partial charge in [0.2, 0.25) is 5.88 Å². The summed E-state index contributed by atoms with van der Waals surface area (Å²) in [6.07, 6.45) is 1.69. The second kappa shape index (κ2) is 11.2. The van der Waals surface area contributed by atoms with Crippen molar-refractivity contribution in [2.45, 2.75) is 13.2 Å². The highest BCUT2D eigenvalue weighted by Crippen LogP contribution is 2.37. The van der Waals surface area contributed by atoms with E-state index < -0.39 is 0 Å². The van der Waals surface area contributed by atoms with Gasteiger partial charge in [-0.2, -0.15) is 0 Å². The molecular formula is C22H21BrClFN2O3. The molecule has 0 spiro atoms. The number of nitrogens with one attached hydrogen (secondary N) is 1. The van der Waals surface area contributed by atoms with Gasteiger partial charge in [-0.3, -0.25) is 0 Å². The van der Waals surface area contributed by atoms with Gasteiger partial charge in [0.05, 0.1) is 12.1 Å². The molecule has 1 aromatic heterocycles. The third kappa shape index (κ3) is 6.08. The summed E-state index contributed by atoms with van der Waals surface area (Å²) < 4.78 is 31.2. The Balaban J connectivity index is 1.64. The van der Waals surface area contributed by atoms with Crippen LogP contribution in [0.2, 0.25) is 5.02 Å². The molecule has 158 valence electrons. The van der Waals surface area contributed by atoms with Crippen molar-refractivity contribution in [3.05, 3.63) is 81.2 Å². The largest absolute Gasteiger partial charge is 0.493 e. The second-order valence-electron chi connectivity index (χ2n) is 6.27. The highest BCUT2D eigenvalue weighted by atomic mass is 79.9. The highest BCUT2D eigenvalue weighted by Gasteiger charge is 2.15. The second-order valence-corrected chi connectivity index (χ2v) is 7.54. The molecule has 0 radical (unpaired) electrons. The number of nitrogens with zero attached hydrogens (tertiary/aromatic N) is 1. The molecular weight excluding hydrogens is 475 g/mol. The van der Waals surface area contributed by atoms with Crippen LogP contribution in [-0.2, 0) is 13.2 Å². The van der Waals surface area contributed by atoms with E-state index in [2.05, 4.69) is 26.2 Å². The van der Waals surface area contributed by atoms with Gasteiger partial charge in [0.25, 0.3) is 0 Å². The van der Waals surface area contributed by atoms with Crippen molar-refractivity contribution >= 4 is 27.5 Å². The van der Waals surface area contributed by atoms with Crippen LogP contribution in [0.15, 0.2) is 59.2 Å². The number of hydrogen-bond donors (Lipinski definition) is 1. The Hall–Kier alpha value is -2.35. The fourth-order valence-electron chi connectivity index (χ4n) is 2.73. The van der Waals surface area contributed by atoms with Crippen molar-refractivity contribution in [3.8, 4) is 17.4 Å². The molecule has 1 heterocycles. The van der Waals surface area contributed by atoms with E-state index in [0.717, 1.165) is 10.0 Å². The lowest BCUT2D eigenvalue weighted by atomic mass is 10.1. The van der Waals surface area contributed by atoms with Crippen molar-refractivity contribution in [1.82, 2.24) is 10.3 Å². The van der Waals surface area contributed by atoms with E-state index >= 15 is 0 Å². The van der Waals surface area contributed by atoms with Crippen LogP contribution in [0.5, 0.6) is 17.4 Å². The van der Waals surface area contributed by atoms with E-state index in [1.807, 2.05) is 30.3 Å². The number of halogens is 3. The summed E-state index contributed by atoms with van der Waals surface area (Å²) in [6.45, 7) is 1.79. The topological polar surface area (TPSA) is 52.6 Å². The monoisotopic (exact) mass is 494 g/mol. The molecule has 1 N–H and O–H groups in total. The molecule has 0 atom stereocenters. The van der Waals surface area contributed by atoms with Gasteiger partial charge < -0.3 is 19.5 Å². The van der Waals surface area contributed by atoms with E-state index in [0.29, 0.717) is 47.7 Å². The summed E-state index contributed by atoms with van der Waals surface area (Å²) >= 11 is 9.69. The summed E-state index contributed by atoms with van der Waals surface area (Å²) in [5, 5.41) is 3.64. The molecule has 0 bridgehead atoms. The number of methoxy groups -OCH3 is 1. The molecule has 5 nitrogen and oxygen atoms in total. The van der Waals surface area contributed by atoms with Crippen LogP contribution in [0.3, 0.4) is 0 Å². The van der Waals surface area contributed by atoms with Gasteiger partial charge >= 0.3 is 0 Å². The zero-order chi connectivity index (χ0) is 21.3. The minimum absolute atomic E-state index is 0.182. The molecule has 0 aliphatic rings.